The monoisotopic (exact) mass is 458 g/mol. The van der Waals surface area contributed by atoms with Crippen LogP contribution >= 0.6 is 34.4 Å². The molecule has 30 heavy (non-hydrogen) atoms. The maximum atomic E-state index is 13.1. The van der Waals surface area contributed by atoms with E-state index in [1.165, 1.54) is 23.1 Å². The van der Waals surface area contributed by atoms with E-state index in [2.05, 4.69) is 15.4 Å². The van der Waals surface area contributed by atoms with Gasteiger partial charge in [0, 0.05) is 6.54 Å². The Morgan fingerprint density at radius 2 is 2.17 bits per heavy atom. The zero-order valence-electron chi connectivity index (χ0n) is 16.2. The minimum Gasteiger partial charge on any atom is -0.369 e. The van der Waals surface area contributed by atoms with Crippen LogP contribution < -0.4 is 11.1 Å². The fourth-order valence-electron chi connectivity index (χ4n) is 2.89. The maximum absolute atomic E-state index is 13.1. The number of carbonyl (C=O) groups is 2. The number of aryl methyl sites for hydroxylation is 2. The van der Waals surface area contributed by atoms with E-state index in [-0.39, 0.29) is 11.7 Å². The van der Waals surface area contributed by atoms with Crippen LogP contribution in [0.1, 0.15) is 23.0 Å². The van der Waals surface area contributed by atoms with Gasteiger partial charge in [-0.15, -0.1) is 23.1 Å². The minimum absolute atomic E-state index is 0.168. The van der Waals surface area contributed by atoms with Crippen LogP contribution in [0.2, 0.25) is 0 Å². The van der Waals surface area contributed by atoms with Crippen LogP contribution in [0.25, 0.3) is 21.6 Å². The number of primary amides is 1. The van der Waals surface area contributed by atoms with Gasteiger partial charge in [-0.05, 0) is 31.4 Å². The van der Waals surface area contributed by atoms with E-state index in [4.69, 9.17) is 10.7 Å². The lowest BCUT2D eigenvalue weighted by Gasteiger charge is -2.07. The molecule has 154 valence electrons. The number of nitrogens with zero attached hydrogens (tertiary/aromatic N) is 4. The molecule has 0 saturated carbocycles. The number of rotatable bonds is 7. The van der Waals surface area contributed by atoms with Crippen LogP contribution in [0, 0.1) is 6.92 Å². The van der Waals surface area contributed by atoms with Crippen LogP contribution in [0.3, 0.4) is 0 Å². The first-order valence-corrected chi connectivity index (χ1v) is 11.7. The topological polar surface area (TPSA) is 116 Å². The molecule has 4 rings (SSSR count). The second kappa shape index (κ2) is 8.54. The number of nitrogens with one attached hydrogen (secondary N) is 1. The fraction of sp³-hybridized carbons (Fsp3) is 0.211. The van der Waals surface area contributed by atoms with Crippen molar-refractivity contribution in [3.8, 4) is 10.6 Å². The van der Waals surface area contributed by atoms with Gasteiger partial charge in [-0.1, -0.05) is 17.4 Å². The largest absolute Gasteiger partial charge is 0.369 e. The molecule has 0 aromatic carbocycles. The molecule has 0 atom stereocenters. The van der Waals surface area contributed by atoms with Crippen molar-refractivity contribution in [2.24, 2.45) is 5.73 Å². The molecule has 3 N–H and O–H groups in total. The molecule has 0 saturated heterocycles. The van der Waals surface area contributed by atoms with Gasteiger partial charge in [0.25, 0.3) is 5.91 Å². The third-order valence-electron chi connectivity index (χ3n) is 4.25. The smallest absolute Gasteiger partial charge is 0.258 e. The number of fused-ring (bicyclic) bond motifs is 1. The molecule has 0 bridgehead atoms. The summed E-state index contributed by atoms with van der Waals surface area (Å²) >= 11 is 4.20. The van der Waals surface area contributed by atoms with E-state index in [0.29, 0.717) is 28.3 Å². The van der Waals surface area contributed by atoms with Gasteiger partial charge < -0.3 is 5.73 Å². The zero-order chi connectivity index (χ0) is 21.3. The average Bonchev–Trinajstić information content (AvgIpc) is 3.45. The molecule has 4 aromatic heterocycles. The van der Waals surface area contributed by atoms with Gasteiger partial charge in [0.1, 0.15) is 0 Å². The van der Waals surface area contributed by atoms with Gasteiger partial charge >= 0.3 is 0 Å². The molecule has 0 radical (unpaired) electrons. The number of anilines is 1. The maximum Gasteiger partial charge on any atom is 0.258 e. The highest BCUT2D eigenvalue weighted by Crippen LogP contribution is 2.33. The third-order valence-corrected chi connectivity index (χ3v) is 7.60. The van der Waals surface area contributed by atoms with E-state index in [1.807, 2.05) is 31.4 Å². The first kappa shape index (κ1) is 20.5. The molecule has 4 heterocycles. The summed E-state index contributed by atoms with van der Waals surface area (Å²) < 4.78 is 2.62. The third kappa shape index (κ3) is 4.09. The van der Waals surface area contributed by atoms with Crippen molar-refractivity contribution in [3.63, 3.8) is 0 Å². The highest BCUT2D eigenvalue weighted by Gasteiger charge is 2.19. The summed E-state index contributed by atoms with van der Waals surface area (Å²) in [5, 5.41) is 10.4. The van der Waals surface area contributed by atoms with Gasteiger partial charge in [0.2, 0.25) is 5.91 Å². The van der Waals surface area contributed by atoms with Gasteiger partial charge in [0.15, 0.2) is 10.8 Å². The van der Waals surface area contributed by atoms with Gasteiger partial charge in [0.05, 0.1) is 43.4 Å². The number of hydrogen-bond acceptors (Lipinski definition) is 8. The molecule has 0 unspecified atom stereocenters. The second-order valence-corrected chi connectivity index (χ2v) is 9.52. The number of thiophene rings is 1. The average molecular weight is 459 g/mol. The van der Waals surface area contributed by atoms with Crippen molar-refractivity contribution in [1.29, 1.82) is 0 Å². The Morgan fingerprint density at radius 1 is 1.33 bits per heavy atom. The van der Waals surface area contributed by atoms with Gasteiger partial charge in [-0.3, -0.25) is 14.9 Å². The summed E-state index contributed by atoms with van der Waals surface area (Å²) in [6.07, 6.45) is 1.67. The van der Waals surface area contributed by atoms with E-state index in [9.17, 15) is 9.59 Å². The zero-order valence-corrected chi connectivity index (χ0v) is 18.7. The summed E-state index contributed by atoms with van der Waals surface area (Å²) in [6, 6.07) is 5.71. The number of carbonyl (C=O) groups excluding carboxylic acids is 2. The summed E-state index contributed by atoms with van der Waals surface area (Å²) in [5.41, 5.74) is 7.85. The molecule has 0 aliphatic heterocycles. The number of aromatic nitrogens is 4. The lowest BCUT2D eigenvalue weighted by Crippen LogP contribution is -2.13. The van der Waals surface area contributed by atoms with Crippen molar-refractivity contribution < 1.29 is 9.59 Å². The Morgan fingerprint density at radius 3 is 2.87 bits per heavy atom. The summed E-state index contributed by atoms with van der Waals surface area (Å²) in [6.45, 7) is 4.47. The van der Waals surface area contributed by atoms with E-state index >= 15 is 0 Å². The molecule has 0 fully saturated rings. The molecule has 0 aliphatic rings. The first-order valence-electron chi connectivity index (χ1n) is 9.06. The lowest BCUT2D eigenvalue weighted by atomic mass is 10.1. The van der Waals surface area contributed by atoms with Gasteiger partial charge in [-0.2, -0.15) is 5.10 Å². The van der Waals surface area contributed by atoms with E-state index in [1.54, 1.807) is 28.3 Å². The normalized spacial score (nSPS) is 11.1. The Bertz CT molecular complexity index is 1230. The van der Waals surface area contributed by atoms with Crippen molar-refractivity contribution in [3.05, 3.63) is 41.0 Å². The predicted molar refractivity (Wildman–Crippen MR) is 121 cm³/mol. The Kier molecular flexibility index (Phi) is 5.84. The Hall–Kier alpha value is -2.76. The van der Waals surface area contributed by atoms with Crippen molar-refractivity contribution >= 4 is 62.4 Å². The quantitative estimate of drug-likeness (QED) is 0.407. The molecular weight excluding hydrogens is 440 g/mol. The van der Waals surface area contributed by atoms with Gasteiger partial charge in [-0.25, -0.2) is 14.6 Å². The van der Waals surface area contributed by atoms with E-state index in [0.717, 1.165) is 20.5 Å². The molecule has 2 amide bonds. The molecule has 8 nitrogen and oxygen atoms in total. The summed E-state index contributed by atoms with van der Waals surface area (Å²) in [4.78, 5) is 34.3. The number of thioether (sulfide) groups is 1. The van der Waals surface area contributed by atoms with Crippen LogP contribution in [-0.2, 0) is 11.3 Å². The number of pyridine rings is 1. The van der Waals surface area contributed by atoms with Crippen LogP contribution in [-0.4, -0.2) is 37.3 Å². The second-order valence-electron chi connectivity index (χ2n) is 6.33. The Balaban J connectivity index is 1.68. The molecule has 11 heteroatoms. The van der Waals surface area contributed by atoms with E-state index < -0.39 is 5.91 Å². The summed E-state index contributed by atoms with van der Waals surface area (Å²) in [7, 11) is 0. The van der Waals surface area contributed by atoms with Crippen molar-refractivity contribution in [2.45, 2.75) is 24.6 Å². The molecule has 0 aliphatic carbocycles. The Labute approximate surface area is 184 Å². The van der Waals surface area contributed by atoms with Crippen molar-refractivity contribution in [1.82, 2.24) is 19.7 Å². The van der Waals surface area contributed by atoms with Crippen LogP contribution in [0.15, 0.2) is 34.0 Å². The number of hydrogen-bond donors (Lipinski definition) is 2. The highest BCUT2D eigenvalue weighted by atomic mass is 32.2. The number of thiazole rings is 1. The molecule has 0 spiro atoms. The van der Waals surface area contributed by atoms with Crippen molar-refractivity contribution in [2.75, 3.05) is 11.1 Å². The van der Waals surface area contributed by atoms with Crippen LogP contribution in [0.5, 0.6) is 0 Å². The summed E-state index contributed by atoms with van der Waals surface area (Å²) in [5.74, 6) is -0.510. The highest BCUT2D eigenvalue weighted by molar-refractivity contribution is 8.01. The SMILES string of the molecule is CCn1ncc2c(C(=O)Nc3nc(C)c(SCC(N)=O)s3)cc(-c3cccs3)nc21. The lowest BCUT2D eigenvalue weighted by molar-refractivity contribution is -0.115. The number of amides is 2. The number of nitrogens with two attached hydrogens (primary N) is 1. The van der Waals surface area contributed by atoms with Crippen LogP contribution in [0.4, 0.5) is 5.13 Å². The minimum atomic E-state index is -0.397. The molecular formula is C19H18N6O2S3. The standard InChI is InChI=1S/C19H18N6O2S3/c1-3-25-16-12(8-21-25)11(7-13(23-16)14-5-4-6-28-14)17(27)24-19-22-10(2)18(30-19)29-9-15(20)26/h4-8H,3,9H2,1-2H3,(H2,20,26)(H,22,24,27). The first-order chi connectivity index (χ1) is 14.5. The molecule has 4 aromatic rings. The fourth-order valence-corrected chi connectivity index (χ4v) is 5.45. The predicted octanol–water partition coefficient (Wildman–Crippen LogP) is 3.77.